The molecule has 0 unspecified atom stereocenters. The Morgan fingerprint density at radius 2 is 2.17 bits per heavy atom. The van der Waals surface area contributed by atoms with Gasteiger partial charge in [-0.25, -0.2) is 0 Å². The molecule has 24 heavy (non-hydrogen) atoms. The van der Waals surface area contributed by atoms with E-state index in [0.29, 0.717) is 0 Å². The van der Waals surface area contributed by atoms with Crippen LogP contribution in [0.5, 0.6) is 0 Å². The molecule has 1 aromatic heterocycles. The number of ether oxygens (including phenoxy) is 1. The van der Waals surface area contributed by atoms with Crippen molar-refractivity contribution in [3.8, 4) is 0 Å². The highest BCUT2D eigenvalue weighted by molar-refractivity contribution is 7.80. The average molecular weight is 341 g/mol. The third-order valence-corrected chi connectivity index (χ3v) is 4.49. The molecule has 4 nitrogen and oxygen atoms in total. The fourth-order valence-corrected chi connectivity index (χ4v) is 3.06. The van der Waals surface area contributed by atoms with Crippen LogP contribution in [0.15, 0.2) is 48.8 Å². The Morgan fingerprint density at radius 3 is 2.83 bits per heavy atom. The summed E-state index contributed by atoms with van der Waals surface area (Å²) in [5, 5.41) is 4.07. The third-order valence-electron chi connectivity index (χ3n) is 4.13. The first-order chi connectivity index (χ1) is 11.7. The van der Waals surface area contributed by atoms with Gasteiger partial charge < -0.3 is 15.0 Å². The minimum Gasteiger partial charge on any atom is -0.376 e. The number of benzene rings is 1. The van der Waals surface area contributed by atoms with Crippen molar-refractivity contribution in [1.29, 1.82) is 0 Å². The van der Waals surface area contributed by atoms with E-state index in [-0.39, 0.29) is 6.10 Å². The number of thiocarbonyl (C=S) groups is 1. The molecule has 0 spiro atoms. The van der Waals surface area contributed by atoms with E-state index >= 15 is 0 Å². The monoisotopic (exact) mass is 341 g/mol. The number of aromatic nitrogens is 1. The number of pyridine rings is 1. The Labute approximate surface area is 148 Å². The fraction of sp³-hybridized carbons (Fsp3) is 0.368. The van der Waals surface area contributed by atoms with Gasteiger partial charge in [0, 0.05) is 37.8 Å². The van der Waals surface area contributed by atoms with Gasteiger partial charge >= 0.3 is 0 Å². The van der Waals surface area contributed by atoms with Crippen LogP contribution in [0.2, 0.25) is 0 Å². The van der Waals surface area contributed by atoms with Crippen LogP contribution < -0.4 is 5.32 Å². The molecule has 1 aliphatic heterocycles. The maximum atomic E-state index is 5.79. The van der Waals surface area contributed by atoms with Crippen LogP contribution in [0, 0.1) is 6.92 Å². The summed E-state index contributed by atoms with van der Waals surface area (Å²) in [5.74, 6) is 0. The molecule has 2 heterocycles. The molecule has 0 amide bonds. The molecule has 0 radical (unpaired) electrons. The van der Waals surface area contributed by atoms with Crippen LogP contribution >= 0.6 is 12.2 Å². The molecule has 1 atom stereocenters. The highest BCUT2D eigenvalue weighted by Gasteiger charge is 2.21. The number of rotatable bonds is 5. The van der Waals surface area contributed by atoms with Crippen molar-refractivity contribution in [3.63, 3.8) is 0 Å². The second-order valence-electron chi connectivity index (χ2n) is 6.17. The SMILES string of the molecule is Cc1ccc(NC(=S)N(Cc2cccnc2)C[C@H]2CCCO2)cc1. The lowest BCUT2D eigenvalue weighted by atomic mass is 10.2. The summed E-state index contributed by atoms with van der Waals surface area (Å²) in [6, 6.07) is 12.3. The second-order valence-corrected chi connectivity index (χ2v) is 6.56. The van der Waals surface area contributed by atoms with Crippen molar-refractivity contribution >= 4 is 23.0 Å². The molecule has 1 fully saturated rings. The molecule has 2 aromatic rings. The van der Waals surface area contributed by atoms with Crippen molar-refractivity contribution in [1.82, 2.24) is 9.88 Å². The van der Waals surface area contributed by atoms with Gasteiger partial charge in [0.15, 0.2) is 5.11 Å². The first-order valence-electron chi connectivity index (χ1n) is 8.34. The molecule has 1 aliphatic rings. The molecule has 3 rings (SSSR count). The molecular weight excluding hydrogens is 318 g/mol. The van der Waals surface area contributed by atoms with Gasteiger partial charge in [-0.2, -0.15) is 0 Å². The minimum atomic E-state index is 0.249. The summed E-state index contributed by atoms with van der Waals surface area (Å²) >= 11 is 5.66. The van der Waals surface area contributed by atoms with Crippen LogP contribution in [0.25, 0.3) is 0 Å². The van der Waals surface area contributed by atoms with Crippen molar-refractivity contribution in [3.05, 3.63) is 59.9 Å². The minimum absolute atomic E-state index is 0.249. The van der Waals surface area contributed by atoms with Gasteiger partial charge in [0.05, 0.1) is 6.10 Å². The van der Waals surface area contributed by atoms with Crippen LogP contribution in [0.3, 0.4) is 0 Å². The Kier molecular flexibility index (Phi) is 5.77. The van der Waals surface area contributed by atoms with Crippen LogP contribution in [-0.4, -0.2) is 34.3 Å². The summed E-state index contributed by atoms with van der Waals surface area (Å²) in [6.07, 6.45) is 6.15. The van der Waals surface area contributed by atoms with Crippen LogP contribution in [0.1, 0.15) is 24.0 Å². The predicted octanol–water partition coefficient (Wildman–Crippen LogP) is 3.77. The maximum Gasteiger partial charge on any atom is 0.173 e. The molecular formula is C19H23N3OS. The molecule has 1 aromatic carbocycles. The van der Waals surface area contributed by atoms with Gasteiger partial charge in [-0.1, -0.05) is 23.8 Å². The summed E-state index contributed by atoms with van der Waals surface area (Å²) in [4.78, 5) is 6.37. The Morgan fingerprint density at radius 1 is 1.33 bits per heavy atom. The summed E-state index contributed by atoms with van der Waals surface area (Å²) in [7, 11) is 0. The highest BCUT2D eigenvalue weighted by Crippen LogP contribution is 2.17. The molecule has 0 saturated carbocycles. The normalized spacial score (nSPS) is 16.8. The maximum absolute atomic E-state index is 5.79. The van der Waals surface area contributed by atoms with E-state index in [2.05, 4.69) is 52.5 Å². The van der Waals surface area contributed by atoms with E-state index in [0.717, 1.165) is 48.9 Å². The summed E-state index contributed by atoms with van der Waals surface area (Å²) in [6.45, 7) is 4.45. The smallest absolute Gasteiger partial charge is 0.173 e. The van der Waals surface area contributed by atoms with E-state index in [1.807, 2.05) is 12.3 Å². The number of hydrogen-bond donors (Lipinski definition) is 1. The topological polar surface area (TPSA) is 37.4 Å². The zero-order valence-electron chi connectivity index (χ0n) is 13.9. The molecule has 5 heteroatoms. The van der Waals surface area contributed by atoms with E-state index < -0.39 is 0 Å². The standard InChI is InChI=1S/C19H23N3OS/c1-15-6-8-17(9-7-15)21-19(24)22(14-18-5-3-11-23-18)13-16-4-2-10-20-12-16/h2,4,6-10,12,18H,3,5,11,13-14H2,1H3,(H,21,24)/t18-/m1/s1. The average Bonchev–Trinajstić information content (AvgIpc) is 3.10. The lowest BCUT2D eigenvalue weighted by Gasteiger charge is -2.28. The van der Waals surface area contributed by atoms with Crippen LogP contribution in [-0.2, 0) is 11.3 Å². The lowest BCUT2D eigenvalue weighted by Crippen LogP contribution is -2.39. The predicted molar refractivity (Wildman–Crippen MR) is 101 cm³/mol. The zero-order valence-corrected chi connectivity index (χ0v) is 14.8. The third kappa shape index (κ3) is 4.76. The Bertz CT molecular complexity index is 654. The molecule has 1 N–H and O–H groups in total. The van der Waals surface area contributed by atoms with Gasteiger partial charge in [0.25, 0.3) is 0 Å². The van der Waals surface area contributed by atoms with Gasteiger partial charge in [0.2, 0.25) is 0 Å². The molecule has 1 saturated heterocycles. The summed E-state index contributed by atoms with van der Waals surface area (Å²) < 4.78 is 5.79. The van der Waals surface area contributed by atoms with Gasteiger partial charge in [-0.05, 0) is 55.7 Å². The van der Waals surface area contributed by atoms with Gasteiger partial charge in [0.1, 0.15) is 0 Å². The van der Waals surface area contributed by atoms with E-state index in [4.69, 9.17) is 17.0 Å². The number of hydrogen-bond acceptors (Lipinski definition) is 3. The quantitative estimate of drug-likeness (QED) is 0.838. The van der Waals surface area contributed by atoms with E-state index in [1.165, 1.54) is 5.56 Å². The number of nitrogens with zero attached hydrogens (tertiary/aromatic N) is 2. The zero-order chi connectivity index (χ0) is 16.8. The van der Waals surface area contributed by atoms with Crippen molar-refractivity contribution in [2.24, 2.45) is 0 Å². The number of nitrogens with one attached hydrogen (secondary N) is 1. The van der Waals surface area contributed by atoms with Crippen molar-refractivity contribution in [2.45, 2.75) is 32.4 Å². The molecule has 126 valence electrons. The van der Waals surface area contributed by atoms with E-state index in [9.17, 15) is 0 Å². The second kappa shape index (κ2) is 8.22. The molecule has 0 aliphatic carbocycles. The largest absolute Gasteiger partial charge is 0.376 e. The first-order valence-corrected chi connectivity index (χ1v) is 8.74. The van der Waals surface area contributed by atoms with Crippen molar-refractivity contribution < 1.29 is 4.74 Å². The first kappa shape index (κ1) is 16.9. The van der Waals surface area contributed by atoms with Crippen molar-refractivity contribution in [2.75, 3.05) is 18.5 Å². The lowest BCUT2D eigenvalue weighted by molar-refractivity contribution is 0.0905. The molecule has 0 bridgehead atoms. The fourth-order valence-electron chi connectivity index (χ4n) is 2.80. The van der Waals surface area contributed by atoms with Crippen LogP contribution in [0.4, 0.5) is 5.69 Å². The van der Waals surface area contributed by atoms with Gasteiger partial charge in [-0.3, -0.25) is 4.98 Å². The number of aryl methyl sites for hydroxylation is 1. The summed E-state index contributed by atoms with van der Waals surface area (Å²) in [5.41, 5.74) is 3.38. The Balaban J connectivity index is 1.69. The van der Waals surface area contributed by atoms with Gasteiger partial charge in [-0.15, -0.1) is 0 Å². The number of anilines is 1. The Hall–Kier alpha value is -1.98. The highest BCUT2D eigenvalue weighted by atomic mass is 32.1. The van der Waals surface area contributed by atoms with E-state index in [1.54, 1.807) is 6.20 Å².